The topological polar surface area (TPSA) is 71.5 Å². The molecular weight excluding hydrogens is 330 g/mol. The van der Waals surface area contributed by atoms with E-state index >= 15 is 0 Å². The molecule has 1 aliphatic heterocycles. The van der Waals surface area contributed by atoms with Crippen LogP contribution >= 0.6 is 0 Å². The molecule has 0 radical (unpaired) electrons. The quantitative estimate of drug-likeness (QED) is 0.857. The van der Waals surface area contributed by atoms with Crippen molar-refractivity contribution in [2.24, 2.45) is 0 Å². The summed E-state index contributed by atoms with van der Waals surface area (Å²) in [6.45, 7) is 7.30. The van der Waals surface area contributed by atoms with Crippen molar-refractivity contribution in [1.82, 2.24) is 4.98 Å². The molecule has 6 nitrogen and oxygen atoms in total. The second-order valence-electron chi connectivity index (χ2n) is 6.74. The number of nitrogens with zero attached hydrogens (tertiary/aromatic N) is 2. The molecule has 0 spiro atoms. The van der Waals surface area contributed by atoms with E-state index < -0.39 is 17.4 Å². The summed E-state index contributed by atoms with van der Waals surface area (Å²) in [4.78, 5) is 31.8. The summed E-state index contributed by atoms with van der Waals surface area (Å²) in [5.41, 5.74) is 0.0740. The fourth-order valence-corrected chi connectivity index (χ4v) is 2.97. The fraction of sp³-hybridized carbons (Fsp3) is 0.350. The van der Waals surface area contributed by atoms with E-state index in [-0.39, 0.29) is 6.04 Å². The minimum absolute atomic E-state index is 0.157. The number of hydrogen-bond acceptors (Lipinski definition) is 4. The van der Waals surface area contributed by atoms with E-state index in [2.05, 4.69) is 10.3 Å². The molecule has 26 heavy (non-hydrogen) atoms. The molecule has 1 aromatic carbocycles. The lowest BCUT2D eigenvalue weighted by atomic mass is 9.99. The number of benzene rings is 1. The number of aryl methyl sites for hydroxylation is 1. The number of carbonyl (C=O) groups excluding carboxylic acids is 2. The maximum absolute atomic E-state index is 13.1. The molecule has 136 valence electrons. The van der Waals surface area contributed by atoms with Crippen LogP contribution in [-0.2, 0) is 16.0 Å². The number of ether oxygens (including phenoxy) is 1. The first kappa shape index (κ1) is 17.9. The molecule has 2 heterocycles. The lowest BCUT2D eigenvalue weighted by Crippen LogP contribution is -2.62. The number of nitrogens with one attached hydrogen (secondary N) is 1. The lowest BCUT2D eigenvalue weighted by Gasteiger charge is -2.40. The Hall–Kier alpha value is -2.89. The van der Waals surface area contributed by atoms with Crippen molar-refractivity contribution in [3.05, 3.63) is 48.2 Å². The molecule has 1 unspecified atom stereocenters. The Kier molecular flexibility index (Phi) is 4.68. The summed E-state index contributed by atoms with van der Waals surface area (Å²) in [6.07, 6.45) is 2.46. The summed E-state index contributed by atoms with van der Waals surface area (Å²) in [5, 5.41) is 2.82. The first-order chi connectivity index (χ1) is 12.4. The molecule has 3 rings (SSSR count). The van der Waals surface area contributed by atoms with Gasteiger partial charge in [-0.05, 0) is 57.0 Å². The van der Waals surface area contributed by atoms with E-state index in [0.717, 1.165) is 12.0 Å². The Balaban J connectivity index is 1.95. The average molecular weight is 353 g/mol. The molecular formula is C20H23N3O3. The highest BCUT2D eigenvalue weighted by atomic mass is 16.5. The summed E-state index contributed by atoms with van der Waals surface area (Å²) in [7, 11) is 0. The number of amides is 2. The van der Waals surface area contributed by atoms with E-state index in [9.17, 15) is 9.59 Å². The van der Waals surface area contributed by atoms with Crippen LogP contribution in [0.15, 0.2) is 42.6 Å². The Bertz CT molecular complexity index is 850. The maximum atomic E-state index is 13.1. The van der Waals surface area contributed by atoms with Crippen LogP contribution in [0, 0.1) is 0 Å². The van der Waals surface area contributed by atoms with Crippen molar-refractivity contribution in [1.29, 1.82) is 0 Å². The van der Waals surface area contributed by atoms with Gasteiger partial charge in [0.2, 0.25) is 0 Å². The van der Waals surface area contributed by atoms with Gasteiger partial charge < -0.3 is 10.1 Å². The zero-order valence-electron chi connectivity index (χ0n) is 15.4. The SMILES string of the molecule is CCc1cccc(NC(=O)C2(C)Oc3cccnc3N(C(C)C)C2=O)c1. The van der Waals surface area contributed by atoms with Crippen LogP contribution in [0.25, 0.3) is 0 Å². The normalized spacial score (nSPS) is 19.1. The predicted molar refractivity (Wildman–Crippen MR) is 100 cm³/mol. The second-order valence-corrected chi connectivity index (χ2v) is 6.74. The molecule has 2 amide bonds. The van der Waals surface area contributed by atoms with Crippen LogP contribution < -0.4 is 15.0 Å². The Morgan fingerprint density at radius 2 is 2.08 bits per heavy atom. The zero-order chi connectivity index (χ0) is 18.9. The molecule has 0 bridgehead atoms. The smallest absolute Gasteiger partial charge is 0.282 e. The largest absolute Gasteiger partial charge is 0.464 e. The van der Waals surface area contributed by atoms with Gasteiger partial charge in [-0.3, -0.25) is 14.5 Å². The second kappa shape index (κ2) is 6.78. The minimum atomic E-state index is -1.66. The Morgan fingerprint density at radius 1 is 1.31 bits per heavy atom. The van der Waals surface area contributed by atoms with Gasteiger partial charge in [0.25, 0.3) is 17.4 Å². The first-order valence-corrected chi connectivity index (χ1v) is 8.75. The number of aromatic nitrogens is 1. The van der Waals surface area contributed by atoms with Gasteiger partial charge in [-0.1, -0.05) is 19.1 Å². The van der Waals surface area contributed by atoms with Gasteiger partial charge in [-0.15, -0.1) is 0 Å². The number of rotatable bonds is 4. The van der Waals surface area contributed by atoms with Gasteiger partial charge in [0.05, 0.1) is 0 Å². The summed E-state index contributed by atoms with van der Waals surface area (Å²) in [6, 6.07) is 10.8. The van der Waals surface area contributed by atoms with Crippen molar-refractivity contribution in [3.63, 3.8) is 0 Å². The third-order valence-electron chi connectivity index (χ3n) is 4.46. The summed E-state index contributed by atoms with van der Waals surface area (Å²) < 4.78 is 5.84. The molecule has 1 N–H and O–H groups in total. The van der Waals surface area contributed by atoms with Crippen molar-refractivity contribution >= 4 is 23.3 Å². The van der Waals surface area contributed by atoms with Gasteiger partial charge in [-0.2, -0.15) is 0 Å². The monoisotopic (exact) mass is 353 g/mol. The molecule has 0 saturated heterocycles. The van der Waals surface area contributed by atoms with E-state index in [1.165, 1.54) is 11.8 Å². The molecule has 0 saturated carbocycles. The van der Waals surface area contributed by atoms with Crippen molar-refractivity contribution < 1.29 is 14.3 Å². The number of carbonyl (C=O) groups is 2. The summed E-state index contributed by atoms with van der Waals surface area (Å²) in [5.74, 6) is -0.0785. The fourth-order valence-electron chi connectivity index (χ4n) is 2.97. The van der Waals surface area contributed by atoms with Gasteiger partial charge in [0.15, 0.2) is 11.6 Å². The highest BCUT2D eigenvalue weighted by molar-refractivity contribution is 6.19. The number of pyridine rings is 1. The Morgan fingerprint density at radius 3 is 2.77 bits per heavy atom. The molecule has 6 heteroatoms. The van der Waals surface area contributed by atoms with Gasteiger partial charge in [0, 0.05) is 17.9 Å². The minimum Gasteiger partial charge on any atom is -0.464 e. The maximum Gasteiger partial charge on any atom is 0.282 e. The number of fused-ring (bicyclic) bond motifs is 1. The van der Waals surface area contributed by atoms with Crippen LogP contribution in [0.2, 0.25) is 0 Å². The number of anilines is 2. The average Bonchev–Trinajstić information content (AvgIpc) is 2.62. The molecule has 1 atom stereocenters. The van der Waals surface area contributed by atoms with Gasteiger partial charge >= 0.3 is 0 Å². The third-order valence-corrected chi connectivity index (χ3v) is 4.46. The van der Waals surface area contributed by atoms with Crippen molar-refractivity contribution in [2.45, 2.75) is 45.8 Å². The highest BCUT2D eigenvalue weighted by Gasteiger charge is 2.51. The van der Waals surface area contributed by atoms with Crippen molar-refractivity contribution in [3.8, 4) is 5.75 Å². The molecule has 2 aromatic rings. The lowest BCUT2D eigenvalue weighted by molar-refractivity contribution is -0.145. The van der Waals surface area contributed by atoms with Crippen LogP contribution in [0.5, 0.6) is 5.75 Å². The first-order valence-electron chi connectivity index (χ1n) is 8.75. The van der Waals surface area contributed by atoms with E-state index in [1.807, 2.05) is 39.0 Å². The van der Waals surface area contributed by atoms with Gasteiger partial charge in [-0.25, -0.2) is 4.98 Å². The Labute approximate surface area is 153 Å². The van der Waals surface area contributed by atoms with Gasteiger partial charge in [0.1, 0.15) is 0 Å². The van der Waals surface area contributed by atoms with E-state index in [0.29, 0.717) is 17.3 Å². The molecule has 0 aliphatic carbocycles. The van der Waals surface area contributed by atoms with Crippen LogP contribution in [0.3, 0.4) is 0 Å². The number of hydrogen-bond donors (Lipinski definition) is 1. The van der Waals surface area contributed by atoms with Crippen LogP contribution in [-0.4, -0.2) is 28.4 Å². The molecule has 1 aromatic heterocycles. The van der Waals surface area contributed by atoms with Crippen LogP contribution in [0.4, 0.5) is 11.5 Å². The molecule has 0 fully saturated rings. The van der Waals surface area contributed by atoms with E-state index in [1.54, 1.807) is 24.4 Å². The molecule has 1 aliphatic rings. The highest BCUT2D eigenvalue weighted by Crippen LogP contribution is 2.37. The van der Waals surface area contributed by atoms with Crippen molar-refractivity contribution in [2.75, 3.05) is 10.2 Å². The summed E-state index contributed by atoms with van der Waals surface area (Å²) >= 11 is 0. The van der Waals surface area contributed by atoms with E-state index in [4.69, 9.17) is 4.74 Å². The third kappa shape index (κ3) is 3.03. The zero-order valence-corrected chi connectivity index (χ0v) is 15.4. The standard InChI is InChI=1S/C20H23N3O3/c1-5-14-8-6-9-15(12-14)22-18(24)20(4)19(25)23(13(2)3)17-16(26-20)10-7-11-21-17/h6-13H,5H2,1-4H3,(H,22,24). The van der Waals surface area contributed by atoms with Crippen LogP contribution in [0.1, 0.15) is 33.3 Å². The predicted octanol–water partition coefficient (Wildman–Crippen LogP) is 3.18.